The fourth-order valence-corrected chi connectivity index (χ4v) is 1.86. The molecule has 5 nitrogen and oxygen atoms in total. The van der Waals surface area contributed by atoms with Gasteiger partial charge in [0.1, 0.15) is 16.5 Å². The second-order valence-corrected chi connectivity index (χ2v) is 5.57. The van der Waals surface area contributed by atoms with E-state index in [-0.39, 0.29) is 28.6 Å². The minimum atomic E-state index is -1.04. The summed E-state index contributed by atoms with van der Waals surface area (Å²) in [6.07, 6.45) is 1.54. The second-order valence-electron chi connectivity index (χ2n) is 5.18. The van der Waals surface area contributed by atoms with Crippen LogP contribution in [0.25, 0.3) is 0 Å². The number of nitrogens with zero attached hydrogens (tertiary/aromatic N) is 1. The van der Waals surface area contributed by atoms with E-state index in [9.17, 15) is 4.79 Å². The SMILES string of the molecule is CC(C)(CCCO)CNc1nc(Cl)ccc1C(=O)O. The molecule has 19 heavy (non-hydrogen) atoms. The first kappa shape index (κ1) is 15.7. The highest BCUT2D eigenvalue weighted by molar-refractivity contribution is 6.29. The Morgan fingerprint density at radius 3 is 2.74 bits per heavy atom. The Morgan fingerprint density at radius 2 is 2.16 bits per heavy atom. The van der Waals surface area contributed by atoms with Crippen molar-refractivity contribution >= 4 is 23.4 Å². The highest BCUT2D eigenvalue weighted by atomic mass is 35.5. The highest BCUT2D eigenvalue weighted by Gasteiger charge is 2.19. The molecule has 1 heterocycles. The molecule has 0 aromatic carbocycles. The molecule has 0 saturated heterocycles. The molecule has 1 aromatic heterocycles. The third-order valence-corrected chi connectivity index (χ3v) is 3.05. The first-order valence-electron chi connectivity index (χ1n) is 6.10. The molecule has 106 valence electrons. The van der Waals surface area contributed by atoms with Gasteiger partial charge in [-0.2, -0.15) is 0 Å². The Morgan fingerprint density at radius 1 is 1.47 bits per heavy atom. The number of pyridine rings is 1. The van der Waals surface area contributed by atoms with Crippen LogP contribution in [0.3, 0.4) is 0 Å². The Kier molecular flexibility index (Phi) is 5.57. The van der Waals surface area contributed by atoms with Gasteiger partial charge < -0.3 is 15.5 Å². The lowest BCUT2D eigenvalue weighted by Crippen LogP contribution is -2.24. The number of aliphatic hydroxyl groups is 1. The van der Waals surface area contributed by atoms with Crippen molar-refractivity contribution in [3.63, 3.8) is 0 Å². The van der Waals surface area contributed by atoms with Gasteiger partial charge in [0, 0.05) is 13.2 Å². The van der Waals surface area contributed by atoms with E-state index in [1.54, 1.807) is 0 Å². The zero-order chi connectivity index (χ0) is 14.5. The summed E-state index contributed by atoms with van der Waals surface area (Å²) in [5.41, 5.74) is 0.0324. The van der Waals surface area contributed by atoms with Crippen LogP contribution in [-0.4, -0.2) is 34.3 Å². The summed E-state index contributed by atoms with van der Waals surface area (Å²) in [6, 6.07) is 2.88. The minimum Gasteiger partial charge on any atom is -0.478 e. The van der Waals surface area contributed by atoms with Gasteiger partial charge in [0.15, 0.2) is 0 Å². The van der Waals surface area contributed by atoms with Crippen molar-refractivity contribution in [2.45, 2.75) is 26.7 Å². The van der Waals surface area contributed by atoms with Crippen molar-refractivity contribution in [1.29, 1.82) is 0 Å². The molecule has 3 N–H and O–H groups in total. The van der Waals surface area contributed by atoms with Crippen LogP contribution in [0, 0.1) is 5.41 Å². The van der Waals surface area contributed by atoms with Gasteiger partial charge in [0.2, 0.25) is 0 Å². The molecular formula is C13H19ClN2O3. The number of carboxylic acid groups (broad SMARTS) is 1. The molecule has 1 aromatic rings. The van der Waals surface area contributed by atoms with Crippen molar-refractivity contribution in [2.24, 2.45) is 5.41 Å². The van der Waals surface area contributed by atoms with Crippen LogP contribution in [0.15, 0.2) is 12.1 Å². The Hall–Kier alpha value is -1.33. The third kappa shape index (κ3) is 5.04. The largest absolute Gasteiger partial charge is 0.478 e. The van der Waals surface area contributed by atoms with Gasteiger partial charge >= 0.3 is 5.97 Å². The number of carbonyl (C=O) groups is 1. The lowest BCUT2D eigenvalue weighted by molar-refractivity contribution is 0.0697. The van der Waals surface area contributed by atoms with Gasteiger partial charge in [-0.25, -0.2) is 9.78 Å². The maximum Gasteiger partial charge on any atom is 0.339 e. The zero-order valence-corrected chi connectivity index (χ0v) is 11.9. The van der Waals surface area contributed by atoms with Crippen LogP contribution in [0.5, 0.6) is 0 Å². The minimum absolute atomic E-state index is 0.0670. The van der Waals surface area contributed by atoms with Gasteiger partial charge in [0.25, 0.3) is 0 Å². The standard InChI is InChI=1S/C13H19ClN2O3/c1-13(2,6-3-7-17)8-15-11-9(12(18)19)4-5-10(14)16-11/h4-5,17H,3,6-8H2,1-2H3,(H,15,16)(H,18,19). The van der Waals surface area contributed by atoms with Gasteiger partial charge in [0.05, 0.1) is 0 Å². The molecule has 0 fully saturated rings. The Bertz CT molecular complexity index is 450. The summed E-state index contributed by atoms with van der Waals surface area (Å²) >= 11 is 5.78. The van der Waals surface area contributed by atoms with E-state index in [1.165, 1.54) is 12.1 Å². The third-order valence-electron chi connectivity index (χ3n) is 2.84. The molecule has 0 atom stereocenters. The van der Waals surface area contributed by atoms with Crippen molar-refractivity contribution in [3.05, 3.63) is 22.8 Å². The fraction of sp³-hybridized carbons (Fsp3) is 0.538. The number of aliphatic hydroxyl groups excluding tert-OH is 1. The Labute approximate surface area is 117 Å². The molecule has 0 radical (unpaired) electrons. The van der Waals surface area contributed by atoms with Crippen LogP contribution in [-0.2, 0) is 0 Å². The molecule has 0 bridgehead atoms. The normalized spacial score (nSPS) is 11.4. The van der Waals surface area contributed by atoms with E-state index in [1.807, 2.05) is 13.8 Å². The summed E-state index contributed by atoms with van der Waals surface area (Å²) < 4.78 is 0. The Balaban J connectivity index is 2.76. The average molecular weight is 287 g/mol. The molecule has 6 heteroatoms. The molecule has 0 unspecified atom stereocenters. The molecular weight excluding hydrogens is 268 g/mol. The highest BCUT2D eigenvalue weighted by Crippen LogP contribution is 2.24. The first-order chi connectivity index (χ1) is 8.85. The number of rotatable bonds is 7. The van der Waals surface area contributed by atoms with Crippen LogP contribution in [0.2, 0.25) is 5.15 Å². The van der Waals surface area contributed by atoms with E-state index in [0.29, 0.717) is 13.0 Å². The summed E-state index contributed by atoms with van der Waals surface area (Å²) in [5.74, 6) is -0.767. The molecule has 0 saturated carbocycles. The summed E-state index contributed by atoms with van der Waals surface area (Å²) in [6.45, 7) is 4.79. The number of hydrogen-bond acceptors (Lipinski definition) is 4. The van der Waals surface area contributed by atoms with E-state index in [2.05, 4.69) is 10.3 Å². The fourth-order valence-electron chi connectivity index (χ4n) is 1.71. The van der Waals surface area contributed by atoms with Crippen molar-refractivity contribution in [1.82, 2.24) is 4.98 Å². The van der Waals surface area contributed by atoms with E-state index in [0.717, 1.165) is 6.42 Å². The second kappa shape index (κ2) is 6.73. The van der Waals surface area contributed by atoms with Crippen LogP contribution in [0.1, 0.15) is 37.0 Å². The van der Waals surface area contributed by atoms with Gasteiger partial charge in [-0.3, -0.25) is 0 Å². The zero-order valence-electron chi connectivity index (χ0n) is 11.1. The topological polar surface area (TPSA) is 82.5 Å². The predicted molar refractivity (Wildman–Crippen MR) is 74.8 cm³/mol. The maximum absolute atomic E-state index is 11.1. The monoisotopic (exact) mass is 286 g/mol. The van der Waals surface area contributed by atoms with E-state index < -0.39 is 5.97 Å². The molecule has 0 aliphatic carbocycles. The molecule has 0 aliphatic rings. The molecule has 0 spiro atoms. The smallest absolute Gasteiger partial charge is 0.339 e. The molecule has 1 rings (SSSR count). The number of halogens is 1. The van der Waals surface area contributed by atoms with Crippen molar-refractivity contribution < 1.29 is 15.0 Å². The lowest BCUT2D eigenvalue weighted by atomic mass is 9.88. The van der Waals surface area contributed by atoms with E-state index in [4.69, 9.17) is 21.8 Å². The van der Waals surface area contributed by atoms with E-state index >= 15 is 0 Å². The summed E-state index contributed by atoms with van der Waals surface area (Å²) in [5, 5.41) is 21.2. The lowest BCUT2D eigenvalue weighted by Gasteiger charge is -2.25. The number of aromatic carboxylic acids is 1. The molecule has 0 aliphatic heterocycles. The predicted octanol–water partition coefficient (Wildman–Crippen LogP) is 2.64. The number of carboxylic acids is 1. The van der Waals surface area contributed by atoms with Crippen molar-refractivity contribution in [3.8, 4) is 0 Å². The van der Waals surface area contributed by atoms with Gasteiger partial charge in [-0.1, -0.05) is 25.4 Å². The number of hydrogen-bond donors (Lipinski definition) is 3. The van der Waals surface area contributed by atoms with Crippen LogP contribution in [0.4, 0.5) is 5.82 Å². The molecule has 0 amide bonds. The number of anilines is 1. The van der Waals surface area contributed by atoms with Crippen LogP contribution < -0.4 is 5.32 Å². The summed E-state index contributed by atoms with van der Waals surface area (Å²) in [4.78, 5) is 15.1. The van der Waals surface area contributed by atoms with Crippen molar-refractivity contribution in [2.75, 3.05) is 18.5 Å². The van der Waals surface area contributed by atoms with Gasteiger partial charge in [-0.05, 0) is 30.4 Å². The number of nitrogens with one attached hydrogen (secondary N) is 1. The van der Waals surface area contributed by atoms with Gasteiger partial charge in [-0.15, -0.1) is 0 Å². The summed E-state index contributed by atoms with van der Waals surface area (Å²) in [7, 11) is 0. The number of aromatic nitrogens is 1. The maximum atomic E-state index is 11.1. The first-order valence-corrected chi connectivity index (χ1v) is 6.48. The van der Waals surface area contributed by atoms with Crippen LogP contribution >= 0.6 is 11.6 Å². The quantitative estimate of drug-likeness (QED) is 0.671. The average Bonchev–Trinajstić information content (AvgIpc) is 2.34.